The van der Waals surface area contributed by atoms with Crippen LogP contribution in [-0.2, 0) is 0 Å². The van der Waals surface area contributed by atoms with Crippen LogP contribution in [0.4, 0.5) is 0 Å². The summed E-state index contributed by atoms with van der Waals surface area (Å²) in [6.45, 7) is 0. The van der Waals surface area contributed by atoms with E-state index >= 15 is 0 Å². The summed E-state index contributed by atoms with van der Waals surface area (Å²) in [6.07, 6.45) is 11.5. The largest absolute Gasteiger partial charge is 0.0813 e. The topological polar surface area (TPSA) is 0 Å². The Labute approximate surface area is 97.7 Å². The van der Waals surface area contributed by atoms with E-state index in [1.807, 2.05) is 36.4 Å². The van der Waals surface area contributed by atoms with Crippen LogP contribution < -0.4 is 0 Å². The van der Waals surface area contributed by atoms with Gasteiger partial charge in [0.1, 0.15) is 0 Å². The minimum Gasteiger partial charge on any atom is -0.0813 e. The van der Waals surface area contributed by atoms with E-state index in [2.05, 4.69) is 24.0 Å². The molecule has 0 N–H and O–H groups in total. The third kappa shape index (κ3) is 3.44. The van der Waals surface area contributed by atoms with Crippen LogP contribution in [0.2, 0.25) is 0 Å². The monoisotopic (exact) mass is 208 g/mol. The van der Waals surface area contributed by atoms with Crippen LogP contribution in [0.5, 0.6) is 0 Å². The van der Waals surface area contributed by atoms with Crippen LogP contribution in [0, 0.1) is 11.8 Å². The van der Waals surface area contributed by atoms with Gasteiger partial charge in [-0.15, -0.1) is 0 Å². The van der Waals surface area contributed by atoms with Gasteiger partial charge in [-0.3, -0.25) is 0 Å². The van der Waals surface area contributed by atoms with E-state index in [-0.39, 0.29) is 0 Å². The summed E-state index contributed by atoms with van der Waals surface area (Å²) in [7, 11) is 0. The van der Waals surface area contributed by atoms with Crippen molar-refractivity contribution >= 4 is 0 Å². The molecule has 80 valence electrons. The predicted octanol–water partition coefficient (Wildman–Crippen LogP) is 4.09. The predicted molar refractivity (Wildman–Crippen MR) is 69.0 cm³/mol. The average molecular weight is 208 g/mol. The van der Waals surface area contributed by atoms with E-state index in [9.17, 15) is 0 Å². The maximum atomic E-state index is 3.12. The molecule has 0 amide bonds. The Kier molecular flexibility index (Phi) is 4.02. The molecule has 16 heavy (non-hydrogen) atoms. The van der Waals surface area contributed by atoms with Crippen molar-refractivity contribution in [2.75, 3.05) is 0 Å². The van der Waals surface area contributed by atoms with Crippen LogP contribution in [0.25, 0.3) is 0 Å². The molecule has 0 radical (unpaired) electrons. The van der Waals surface area contributed by atoms with Crippen LogP contribution >= 0.6 is 0 Å². The first-order valence-electron chi connectivity index (χ1n) is 5.87. The maximum Gasteiger partial charge on any atom is 0.0248 e. The Morgan fingerprint density at radius 2 is 1.94 bits per heavy atom. The number of hydrogen-bond acceptors (Lipinski definition) is 0. The molecule has 1 aliphatic rings. The van der Waals surface area contributed by atoms with Crippen LogP contribution in [0.15, 0.2) is 54.1 Å². The van der Waals surface area contributed by atoms with Gasteiger partial charge in [-0.1, -0.05) is 47.8 Å². The second-order valence-electron chi connectivity index (χ2n) is 3.99. The van der Waals surface area contributed by atoms with E-state index in [1.54, 1.807) is 0 Å². The van der Waals surface area contributed by atoms with E-state index in [0.29, 0.717) is 0 Å². The van der Waals surface area contributed by atoms with Gasteiger partial charge in [0, 0.05) is 5.56 Å². The first-order chi connectivity index (χ1) is 7.95. The molecule has 0 bridgehead atoms. The minimum atomic E-state index is 1.07. The second kappa shape index (κ2) is 5.98. The van der Waals surface area contributed by atoms with E-state index in [1.165, 1.54) is 31.3 Å². The van der Waals surface area contributed by atoms with Crippen molar-refractivity contribution in [2.24, 2.45) is 0 Å². The third-order valence-corrected chi connectivity index (χ3v) is 2.70. The van der Waals surface area contributed by atoms with Gasteiger partial charge in [-0.25, -0.2) is 0 Å². The van der Waals surface area contributed by atoms with Crippen molar-refractivity contribution in [3.8, 4) is 11.8 Å². The molecule has 0 aromatic heterocycles. The summed E-state index contributed by atoms with van der Waals surface area (Å²) in [5.41, 5.74) is 2.51. The number of rotatable bonds is 1. The fourth-order valence-corrected chi connectivity index (χ4v) is 1.81. The molecule has 1 aromatic carbocycles. The molecule has 0 atom stereocenters. The van der Waals surface area contributed by atoms with Crippen LogP contribution in [-0.4, -0.2) is 0 Å². The number of benzene rings is 1. The van der Waals surface area contributed by atoms with Gasteiger partial charge in [-0.2, -0.15) is 0 Å². The average Bonchev–Trinajstić information content (AvgIpc) is 2.37. The molecule has 0 fully saturated rings. The fourth-order valence-electron chi connectivity index (χ4n) is 1.81. The molecule has 0 saturated carbocycles. The highest BCUT2D eigenvalue weighted by Gasteiger charge is 1.98. The zero-order chi connectivity index (χ0) is 11.1. The molecular formula is C16H16. The van der Waals surface area contributed by atoms with Crippen LogP contribution in [0.3, 0.4) is 0 Å². The van der Waals surface area contributed by atoms with Gasteiger partial charge in [0.15, 0.2) is 0 Å². The highest BCUT2D eigenvalue weighted by atomic mass is 14.0. The highest BCUT2D eigenvalue weighted by molar-refractivity contribution is 5.38. The third-order valence-electron chi connectivity index (χ3n) is 2.70. The Balaban J connectivity index is 1.94. The van der Waals surface area contributed by atoms with Gasteiger partial charge in [-0.05, 0) is 43.9 Å². The van der Waals surface area contributed by atoms with Crippen LogP contribution in [0.1, 0.15) is 31.2 Å². The zero-order valence-corrected chi connectivity index (χ0v) is 9.45. The highest BCUT2D eigenvalue weighted by Crippen LogP contribution is 2.17. The van der Waals surface area contributed by atoms with Crippen molar-refractivity contribution < 1.29 is 0 Å². The summed E-state index contributed by atoms with van der Waals surface area (Å²) in [4.78, 5) is 0. The molecule has 0 heterocycles. The molecule has 0 spiro atoms. The minimum absolute atomic E-state index is 1.07. The summed E-state index contributed by atoms with van der Waals surface area (Å²) in [6, 6.07) is 10.1. The molecule has 0 nitrogen and oxygen atoms in total. The lowest BCUT2D eigenvalue weighted by atomic mass is 9.99. The normalized spacial score (nSPS) is 15.4. The van der Waals surface area contributed by atoms with Crippen molar-refractivity contribution in [3.63, 3.8) is 0 Å². The summed E-state index contributed by atoms with van der Waals surface area (Å²) < 4.78 is 0. The van der Waals surface area contributed by atoms with Crippen molar-refractivity contribution in [1.82, 2.24) is 0 Å². The number of hydrogen-bond donors (Lipinski definition) is 0. The lowest BCUT2D eigenvalue weighted by molar-refractivity contribution is 0.712. The maximum absolute atomic E-state index is 3.12. The van der Waals surface area contributed by atoms with Gasteiger partial charge in [0.25, 0.3) is 0 Å². The molecule has 0 saturated heterocycles. The Morgan fingerprint density at radius 1 is 1.06 bits per heavy atom. The van der Waals surface area contributed by atoms with Crippen molar-refractivity contribution in [1.29, 1.82) is 0 Å². The zero-order valence-electron chi connectivity index (χ0n) is 9.45. The standard InChI is InChI=1S/C16H16/c1-3-9-15(10-4-1)13-7-8-14-16-11-5-2-6-12-16/h1,3-4,8-11,14H,2,5-6,12H2/b14-8-. The SMILES string of the molecule is C(#Cc1ccccc1)/C=C\C1=CCCCC1. The molecule has 0 unspecified atom stereocenters. The van der Waals surface area contributed by atoms with Gasteiger partial charge < -0.3 is 0 Å². The fraction of sp³-hybridized carbons (Fsp3) is 0.250. The molecule has 1 aliphatic carbocycles. The van der Waals surface area contributed by atoms with Crippen molar-refractivity contribution in [3.05, 3.63) is 59.7 Å². The first kappa shape index (κ1) is 10.8. The molecule has 2 rings (SSSR count). The molecule has 1 aromatic rings. The Morgan fingerprint density at radius 3 is 2.69 bits per heavy atom. The molecule has 0 aliphatic heterocycles. The first-order valence-corrected chi connectivity index (χ1v) is 5.87. The van der Waals surface area contributed by atoms with Crippen molar-refractivity contribution in [2.45, 2.75) is 25.7 Å². The smallest absolute Gasteiger partial charge is 0.0248 e. The lowest BCUT2D eigenvalue weighted by Gasteiger charge is -2.07. The number of allylic oxidation sites excluding steroid dienone is 4. The summed E-state index contributed by atoms with van der Waals surface area (Å²) in [5, 5.41) is 0. The van der Waals surface area contributed by atoms with Gasteiger partial charge in [0.2, 0.25) is 0 Å². The van der Waals surface area contributed by atoms with Gasteiger partial charge in [0.05, 0.1) is 0 Å². The second-order valence-corrected chi connectivity index (χ2v) is 3.99. The van der Waals surface area contributed by atoms with Gasteiger partial charge >= 0.3 is 0 Å². The molecular weight excluding hydrogens is 192 g/mol. The summed E-state index contributed by atoms with van der Waals surface area (Å²) >= 11 is 0. The summed E-state index contributed by atoms with van der Waals surface area (Å²) in [5.74, 6) is 6.20. The van der Waals surface area contributed by atoms with E-state index < -0.39 is 0 Å². The lowest BCUT2D eigenvalue weighted by Crippen LogP contribution is -1.87. The van der Waals surface area contributed by atoms with E-state index in [0.717, 1.165) is 5.56 Å². The Bertz CT molecular complexity index is 438. The quantitative estimate of drug-likeness (QED) is 0.610. The Hall–Kier alpha value is -1.74. The molecule has 0 heteroatoms. The van der Waals surface area contributed by atoms with E-state index in [4.69, 9.17) is 0 Å².